The molecule has 0 spiro atoms. The Bertz CT molecular complexity index is 1630. The summed E-state index contributed by atoms with van der Waals surface area (Å²) in [5.74, 6) is -0.486. The van der Waals surface area contributed by atoms with E-state index in [0.717, 1.165) is 35.4 Å². The molecule has 194 valence electrons. The molecule has 2 aromatic rings. The number of anilines is 1. The molecular weight excluding hydrogens is 533 g/mol. The van der Waals surface area contributed by atoms with Gasteiger partial charge in [-0.25, -0.2) is 21.6 Å². The molecule has 37 heavy (non-hydrogen) atoms. The van der Waals surface area contributed by atoms with Crippen LogP contribution in [0.3, 0.4) is 0 Å². The van der Waals surface area contributed by atoms with Crippen LogP contribution in [-0.4, -0.2) is 34.9 Å². The van der Waals surface area contributed by atoms with Crippen molar-refractivity contribution >= 4 is 31.4 Å². The van der Waals surface area contributed by atoms with Gasteiger partial charge >= 0.3 is 12.2 Å². The van der Waals surface area contributed by atoms with E-state index in [1.807, 2.05) is 6.07 Å². The number of benzene rings is 2. The van der Waals surface area contributed by atoms with E-state index in [2.05, 4.69) is 5.32 Å². The number of urea groups is 1. The van der Waals surface area contributed by atoms with Crippen molar-refractivity contribution in [3.63, 3.8) is 0 Å². The Morgan fingerprint density at radius 3 is 2.19 bits per heavy atom. The van der Waals surface area contributed by atoms with Crippen LogP contribution in [0.1, 0.15) is 36.6 Å². The minimum absolute atomic E-state index is 0.140. The van der Waals surface area contributed by atoms with Crippen LogP contribution in [0.25, 0.3) is 0 Å². The maximum atomic E-state index is 13.2. The number of nitriles is 2. The number of rotatable bonds is 5. The van der Waals surface area contributed by atoms with Crippen LogP contribution >= 0.6 is 0 Å². The fraction of sp³-hybridized carbons (Fsp3) is 0.261. The first-order chi connectivity index (χ1) is 17.1. The van der Waals surface area contributed by atoms with E-state index in [1.54, 1.807) is 6.07 Å². The molecule has 0 unspecified atom stereocenters. The van der Waals surface area contributed by atoms with Crippen molar-refractivity contribution in [2.75, 3.05) is 16.9 Å². The first kappa shape index (κ1) is 27.7. The Balaban J connectivity index is 2.37. The van der Waals surface area contributed by atoms with Gasteiger partial charge in [-0.2, -0.15) is 23.7 Å². The molecule has 1 heterocycles. The Morgan fingerprint density at radius 1 is 1.05 bits per heavy atom. The highest BCUT2D eigenvalue weighted by molar-refractivity contribution is 7.92. The molecule has 2 aromatic carbocycles. The van der Waals surface area contributed by atoms with Gasteiger partial charge in [0.1, 0.15) is 0 Å². The monoisotopic (exact) mass is 552 g/mol. The lowest BCUT2D eigenvalue weighted by atomic mass is 9.94. The lowest BCUT2D eigenvalue weighted by Gasteiger charge is -2.35. The first-order valence-electron chi connectivity index (χ1n) is 10.5. The zero-order chi connectivity index (χ0) is 27.9. The Hall–Kier alpha value is -3.88. The first-order valence-corrected chi connectivity index (χ1v) is 14.0. The molecule has 0 saturated heterocycles. The summed E-state index contributed by atoms with van der Waals surface area (Å²) in [7, 11) is -8.38. The minimum Gasteiger partial charge on any atom is -0.326 e. The number of carbonyl (C=O) groups is 1. The average Bonchev–Trinajstić information content (AvgIpc) is 2.82. The number of amides is 2. The summed E-state index contributed by atoms with van der Waals surface area (Å²) in [6.07, 6.45) is -3.94. The molecule has 9 nitrogen and oxygen atoms in total. The predicted molar refractivity (Wildman–Crippen MR) is 126 cm³/mol. The summed E-state index contributed by atoms with van der Waals surface area (Å²) in [6, 6.07) is 6.59. The molecule has 2 amide bonds. The zero-order valence-electron chi connectivity index (χ0n) is 19.6. The third-order valence-electron chi connectivity index (χ3n) is 5.67. The van der Waals surface area contributed by atoms with E-state index < -0.39 is 64.6 Å². The molecule has 0 saturated carbocycles. The SMILES string of the molecule is CCS(=O)(=O)c1cc(C#N)cc(S(C)(=O)=O)c1[C@H]1NC(=O)N(c2cccc(C(F)(F)F)c2)C(C)=C1C#N. The number of hydrogen-bond acceptors (Lipinski definition) is 7. The van der Waals surface area contributed by atoms with Gasteiger partial charge in [-0.1, -0.05) is 13.0 Å². The topological polar surface area (TPSA) is 148 Å². The molecule has 0 bridgehead atoms. The molecular formula is C23H19F3N4O5S2. The van der Waals surface area contributed by atoms with Crippen molar-refractivity contribution in [3.8, 4) is 12.1 Å². The van der Waals surface area contributed by atoms with Gasteiger partial charge in [0.2, 0.25) is 0 Å². The number of allylic oxidation sites excluding steroid dienone is 1. The Morgan fingerprint density at radius 2 is 1.68 bits per heavy atom. The number of nitrogens with zero attached hydrogens (tertiary/aromatic N) is 3. The van der Waals surface area contributed by atoms with Crippen LogP contribution in [0.2, 0.25) is 0 Å². The summed E-state index contributed by atoms with van der Waals surface area (Å²) in [6.45, 7) is 2.56. The second kappa shape index (κ2) is 9.53. The van der Waals surface area contributed by atoms with Gasteiger partial charge < -0.3 is 5.32 Å². The predicted octanol–water partition coefficient (Wildman–Crippen LogP) is 3.84. The van der Waals surface area contributed by atoms with Crippen molar-refractivity contribution in [1.82, 2.24) is 5.32 Å². The van der Waals surface area contributed by atoms with Gasteiger partial charge in [-0.05, 0) is 37.3 Å². The van der Waals surface area contributed by atoms with Gasteiger partial charge in [-0.3, -0.25) is 4.90 Å². The third kappa shape index (κ3) is 5.16. The Kier molecular flexibility index (Phi) is 7.14. The molecule has 14 heteroatoms. The lowest BCUT2D eigenvalue weighted by Crippen LogP contribution is -2.47. The Labute approximate surface area is 211 Å². The van der Waals surface area contributed by atoms with Crippen LogP contribution in [0.5, 0.6) is 0 Å². The number of alkyl halides is 3. The lowest BCUT2D eigenvalue weighted by molar-refractivity contribution is -0.137. The molecule has 0 aromatic heterocycles. The fourth-order valence-electron chi connectivity index (χ4n) is 3.91. The summed E-state index contributed by atoms with van der Waals surface area (Å²) in [5.41, 5.74) is -2.42. The standard InChI is InChI=1S/C23H19F3N4O5S2/c1-4-37(34,35)19-9-14(11-27)8-18(36(3,32)33)20(19)21-17(12-28)13(2)30(22(31)29-21)16-7-5-6-15(10-16)23(24,25)26/h5-10,21H,4H2,1-3H3,(H,29,31)/t21-/m0/s1. The van der Waals surface area contributed by atoms with Crippen molar-refractivity contribution in [3.05, 3.63) is 64.4 Å². The van der Waals surface area contributed by atoms with Crippen LogP contribution in [-0.2, 0) is 25.9 Å². The van der Waals surface area contributed by atoms with Crippen molar-refractivity contribution in [2.24, 2.45) is 0 Å². The second-order valence-electron chi connectivity index (χ2n) is 8.05. The van der Waals surface area contributed by atoms with Crippen LogP contribution in [0.15, 0.2) is 57.5 Å². The van der Waals surface area contributed by atoms with Crippen molar-refractivity contribution in [2.45, 2.75) is 35.9 Å². The molecule has 1 aliphatic heterocycles. The van der Waals surface area contributed by atoms with Crippen molar-refractivity contribution < 1.29 is 34.8 Å². The van der Waals surface area contributed by atoms with Gasteiger partial charge in [0, 0.05) is 17.5 Å². The number of carbonyl (C=O) groups excluding carboxylic acids is 1. The maximum absolute atomic E-state index is 13.2. The normalized spacial score (nSPS) is 16.7. The van der Waals surface area contributed by atoms with E-state index in [1.165, 1.54) is 19.9 Å². The number of sulfone groups is 2. The maximum Gasteiger partial charge on any atom is 0.416 e. The van der Waals surface area contributed by atoms with Gasteiger partial charge in [-0.15, -0.1) is 0 Å². The summed E-state index contributed by atoms with van der Waals surface area (Å²) in [5, 5.41) is 21.7. The zero-order valence-corrected chi connectivity index (χ0v) is 21.2. The molecule has 1 N–H and O–H groups in total. The minimum atomic E-state index is -4.71. The number of nitrogens with one attached hydrogen (secondary N) is 1. The quantitative estimate of drug-likeness (QED) is 0.592. The molecule has 3 rings (SSSR count). The van der Waals surface area contributed by atoms with E-state index in [0.29, 0.717) is 6.07 Å². The highest BCUT2D eigenvalue weighted by atomic mass is 32.2. The molecule has 0 radical (unpaired) electrons. The second-order valence-corrected chi connectivity index (χ2v) is 12.3. The van der Waals surface area contributed by atoms with E-state index in [-0.39, 0.29) is 22.5 Å². The van der Waals surface area contributed by atoms with Gasteiger partial charge in [0.15, 0.2) is 19.7 Å². The summed E-state index contributed by atoms with van der Waals surface area (Å²) < 4.78 is 91.0. The largest absolute Gasteiger partial charge is 0.416 e. The van der Waals surface area contributed by atoms with Crippen molar-refractivity contribution in [1.29, 1.82) is 10.5 Å². The molecule has 0 fully saturated rings. The highest BCUT2D eigenvalue weighted by Gasteiger charge is 2.39. The molecule has 1 atom stereocenters. The van der Waals surface area contributed by atoms with E-state index in [9.17, 15) is 45.3 Å². The van der Waals surface area contributed by atoms with E-state index in [4.69, 9.17) is 0 Å². The van der Waals surface area contributed by atoms with Gasteiger partial charge in [0.05, 0.1) is 56.1 Å². The average molecular weight is 553 g/mol. The highest BCUT2D eigenvalue weighted by Crippen LogP contribution is 2.40. The summed E-state index contributed by atoms with van der Waals surface area (Å²) in [4.78, 5) is 12.8. The number of hydrogen-bond donors (Lipinski definition) is 1. The number of halogens is 3. The molecule has 0 aliphatic carbocycles. The smallest absolute Gasteiger partial charge is 0.326 e. The fourth-order valence-corrected chi connectivity index (χ4v) is 6.12. The molecule has 1 aliphatic rings. The van der Waals surface area contributed by atoms with Crippen LogP contribution in [0, 0.1) is 22.7 Å². The summed E-state index contributed by atoms with van der Waals surface area (Å²) >= 11 is 0. The van der Waals surface area contributed by atoms with Crippen LogP contribution in [0.4, 0.5) is 23.7 Å². The van der Waals surface area contributed by atoms with Crippen LogP contribution < -0.4 is 10.2 Å². The van der Waals surface area contributed by atoms with Gasteiger partial charge in [0.25, 0.3) is 0 Å². The third-order valence-corrected chi connectivity index (χ3v) is 8.58. The van der Waals surface area contributed by atoms with E-state index >= 15 is 0 Å².